The van der Waals surface area contributed by atoms with E-state index in [9.17, 15) is 4.79 Å². The highest BCUT2D eigenvalue weighted by atomic mass is 16.5. The Kier molecular flexibility index (Phi) is 4.72. The highest BCUT2D eigenvalue weighted by molar-refractivity contribution is 5.99. The van der Waals surface area contributed by atoms with Gasteiger partial charge in [-0.05, 0) is 31.4 Å². The molecule has 0 amide bonds. The van der Waals surface area contributed by atoms with Crippen LogP contribution >= 0.6 is 0 Å². The van der Waals surface area contributed by atoms with Crippen molar-refractivity contribution >= 4 is 17.4 Å². The molecule has 1 fully saturated rings. The van der Waals surface area contributed by atoms with Gasteiger partial charge in [-0.15, -0.1) is 0 Å². The molecule has 0 saturated carbocycles. The van der Waals surface area contributed by atoms with Crippen LogP contribution in [-0.2, 0) is 6.42 Å². The van der Waals surface area contributed by atoms with Crippen LogP contribution in [0.4, 0.5) is 11.6 Å². The van der Waals surface area contributed by atoms with Crippen LogP contribution in [0.15, 0.2) is 24.3 Å². The molecule has 2 heterocycles. The molecule has 0 N–H and O–H groups in total. The molecule has 2 aromatic rings. The van der Waals surface area contributed by atoms with E-state index in [0.29, 0.717) is 12.3 Å². The minimum Gasteiger partial charge on any atom is -0.495 e. The predicted molar refractivity (Wildman–Crippen MR) is 106 cm³/mol. The van der Waals surface area contributed by atoms with E-state index in [1.807, 2.05) is 25.1 Å². The molecule has 6 nitrogen and oxygen atoms in total. The van der Waals surface area contributed by atoms with Crippen LogP contribution < -0.4 is 14.5 Å². The van der Waals surface area contributed by atoms with Gasteiger partial charge >= 0.3 is 0 Å². The van der Waals surface area contributed by atoms with E-state index in [1.54, 1.807) is 7.11 Å². The van der Waals surface area contributed by atoms with E-state index in [-0.39, 0.29) is 5.78 Å². The number of fused-ring (bicyclic) bond motifs is 1. The fourth-order valence-electron chi connectivity index (χ4n) is 4.13. The lowest BCUT2D eigenvalue weighted by molar-refractivity contribution is 0.0951. The summed E-state index contributed by atoms with van der Waals surface area (Å²) in [4.78, 5) is 26.4. The summed E-state index contributed by atoms with van der Waals surface area (Å²) in [6.45, 7) is 7.51. The number of ether oxygens (including phenoxy) is 1. The van der Waals surface area contributed by atoms with Crippen molar-refractivity contribution in [1.82, 2.24) is 9.97 Å². The van der Waals surface area contributed by atoms with Gasteiger partial charge < -0.3 is 14.5 Å². The van der Waals surface area contributed by atoms with Gasteiger partial charge in [-0.25, -0.2) is 9.97 Å². The molecule has 0 radical (unpaired) electrons. The lowest BCUT2D eigenvalue weighted by Crippen LogP contribution is -2.47. The lowest BCUT2D eigenvalue weighted by atomic mass is 9.86. The Bertz CT molecular complexity index is 859. The lowest BCUT2D eigenvalue weighted by Gasteiger charge is -2.37. The van der Waals surface area contributed by atoms with Crippen molar-refractivity contribution in [3.8, 4) is 5.75 Å². The Morgan fingerprint density at radius 3 is 2.48 bits per heavy atom. The van der Waals surface area contributed by atoms with Crippen molar-refractivity contribution in [3.63, 3.8) is 0 Å². The topological polar surface area (TPSA) is 58.6 Å². The van der Waals surface area contributed by atoms with Crippen LogP contribution in [0.25, 0.3) is 0 Å². The number of aromatic nitrogens is 2. The zero-order valence-corrected chi connectivity index (χ0v) is 16.2. The number of carbonyl (C=O) groups is 1. The van der Waals surface area contributed by atoms with E-state index in [1.165, 1.54) is 0 Å². The van der Waals surface area contributed by atoms with Gasteiger partial charge in [0.25, 0.3) is 0 Å². The predicted octanol–water partition coefficient (Wildman–Crippen LogP) is 2.89. The number of aryl methyl sites for hydroxylation is 1. The summed E-state index contributed by atoms with van der Waals surface area (Å²) < 4.78 is 5.50. The van der Waals surface area contributed by atoms with Crippen LogP contribution in [0.5, 0.6) is 5.75 Å². The van der Waals surface area contributed by atoms with Crippen LogP contribution in [-0.4, -0.2) is 49.0 Å². The smallest absolute Gasteiger partial charge is 0.225 e. The van der Waals surface area contributed by atoms with E-state index >= 15 is 0 Å². The third-order valence-corrected chi connectivity index (χ3v) is 5.50. The number of rotatable bonds is 3. The van der Waals surface area contributed by atoms with Gasteiger partial charge in [-0.2, -0.15) is 0 Å². The molecule has 1 atom stereocenters. The fraction of sp³-hybridized carbons (Fsp3) is 0.476. The molecule has 0 spiro atoms. The largest absolute Gasteiger partial charge is 0.495 e. The van der Waals surface area contributed by atoms with Crippen LogP contribution in [0.3, 0.4) is 0 Å². The van der Waals surface area contributed by atoms with Crippen molar-refractivity contribution in [3.05, 3.63) is 41.2 Å². The maximum Gasteiger partial charge on any atom is 0.225 e. The number of benzene rings is 1. The molecule has 2 aliphatic rings. The van der Waals surface area contributed by atoms with Gasteiger partial charge in [-0.1, -0.05) is 19.1 Å². The van der Waals surface area contributed by atoms with Crippen molar-refractivity contribution in [2.24, 2.45) is 5.92 Å². The summed E-state index contributed by atoms with van der Waals surface area (Å²) in [5.74, 6) is 2.20. The maximum atomic E-state index is 12.4. The van der Waals surface area contributed by atoms with Crippen LogP contribution in [0.1, 0.15) is 35.1 Å². The van der Waals surface area contributed by atoms with Crippen LogP contribution in [0.2, 0.25) is 0 Å². The highest BCUT2D eigenvalue weighted by Crippen LogP contribution is 2.30. The summed E-state index contributed by atoms with van der Waals surface area (Å²) in [7, 11) is 1.71. The van der Waals surface area contributed by atoms with Crippen LogP contribution in [0, 0.1) is 12.8 Å². The van der Waals surface area contributed by atoms with Gasteiger partial charge in [0, 0.05) is 32.6 Å². The van der Waals surface area contributed by atoms with E-state index < -0.39 is 0 Å². The molecule has 1 aliphatic heterocycles. The number of hydrogen-bond acceptors (Lipinski definition) is 6. The van der Waals surface area contributed by atoms with E-state index in [0.717, 1.165) is 66.9 Å². The number of para-hydroxylation sites is 2. The molecule has 1 aromatic heterocycles. The standard InChI is InChI=1S/C21H26N4O2/c1-14-12-16-20(18(26)13-14)15(2)22-21(23-16)25-10-8-24(9-11-25)17-6-4-5-7-19(17)27-3/h4-7,14H,8-13H2,1-3H3. The van der Waals surface area contributed by atoms with Crippen molar-refractivity contribution < 1.29 is 9.53 Å². The summed E-state index contributed by atoms with van der Waals surface area (Å²) >= 11 is 0. The zero-order chi connectivity index (χ0) is 19.0. The second kappa shape index (κ2) is 7.18. The second-order valence-electron chi connectivity index (χ2n) is 7.51. The van der Waals surface area contributed by atoms with Gasteiger partial charge in [0.2, 0.25) is 5.95 Å². The Balaban J connectivity index is 1.53. The maximum absolute atomic E-state index is 12.4. The normalized spacial score (nSPS) is 19.8. The van der Waals surface area contributed by atoms with Gasteiger partial charge in [0.05, 0.1) is 29.7 Å². The third kappa shape index (κ3) is 3.36. The summed E-state index contributed by atoms with van der Waals surface area (Å²) in [6, 6.07) is 8.12. The molecular formula is C21H26N4O2. The molecule has 1 unspecified atom stereocenters. The Labute approximate surface area is 160 Å². The Morgan fingerprint density at radius 2 is 1.74 bits per heavy atom. The monoisotopic (exact) mass is 366 g/mol. The summed E-state index contributed by atoms with van der Waals surface area (Å²) in [5, 5.41) is 0. The first-order valence-corrected chi connectivity index (χ1v) is 9.60. The van der Waals surface area contributed by atoms with E-state index in [4.69, 9.17) is 9.72 Å². The first kappa shape index (κ1) is 17.8. The molecule has 27 heavy (non-hydrogen) atoms. The Hall–Kier alpha value is -2.63. The number of anilines is 2. The number of nitrogens with zero attached hydrogens (tertiary/aromatic N) is 4. The zero-order valence-electron chi connectivity index (χ0n) is 16.2. The van der Waals surface area contributed by atoms with Gasteiger partial charge in [0.15, 0.2) is 5.78 Å². The number of Topliss-reactive ketones (excluding diaryl/α,β-unsaturated/α-hetero) is 1. The van der Waals surface area contributed by atoms with Gasteiger partial charge in [0.1, 0.15) is 5.75 Å². The first-order chi connectivity index (χ1) is 13.1. The molecule has 4 rings (SSSR count). The summed E-state index contributed by atoms with van der Waals surface area (Å²) in [6.07, 6.45) is 1.47. The van der Waals surface area contributed by atoms with Gasteiger partial charge in [-0.3, -0.25) is 4.79 Å². The molecule has 0 bridgehead atoms. The summed E-state index contributed by atoms with van der Waals surface area (Å²) in [5.41, 5.74) is 3.62. The van der Waals surface area contributed by atoms with Crippen molar-refractivity contribution in [1.29, 1.82) is 0 Å². The Morgan fingerprint density at radius 1 is 1.04 bits per heavy atom. The minimum atomic E-state index is 0.189. The number of hydrogen-bond donors (Lipinski definition) is 0. The molecular weight excluding hydrogens is 340 g/mol. The molecule has 6 heteroatoms. The van der Waals surface area contributed by atoms with Crippen molar-refractivity contribution in [2.75, 3.05) is 43.1 Å². The number of ketones is 1. The number of methoxy groups -OCH3 is 1. The second-order valence-corrected chi connectivity index (χ2v) is 7.51. The minimum absolute atomic E-state index is 0.189. The highest BCUT2D eigenvalue weighted by Gasteiger charge is 2.28. The number of piperazine rings is 1. The first-order valence-electron chi connectivity index (χ1n) is 9.60. The molecule has 1 saturated heterocycles. The fourth-order valence-corrected chi connectivity index (χ4v) is 4.13. The quantitative estimate of drug-likeness (QED) is 0.833. The average molecular weight is 366 g/mol. The number of carbonyl (C=O) groups excluding carboxylic acids is 1. The molecule has 1 aromatic carbocycles. The molecule has 142 valence electrons. The third-order valence-electron chi connectivity index (χ3n) is 5.50. The molecule has 1 aliphatic carbocycles. The van der Waals surface area contributed by atoms with E-state index in [2.05, 4.69) is 27.8 Å². The van der Waals surface area contributed by atoms with Crippen molar-refractivity contribution in [2.45, 2.75) is 26.7 Å². The SMILES string of the molecule is COc1ccccc1N1CCN(c2nc(C)c3c(n2)CC(C)CC3=O)CC1. The average Bonchev–Trinajstić information content (AvgIpc) is 2.67.